The van der Waals surface area contributed by atoms with Crippen molar-refractivity contribution in [2.75, 3.05) is 25.0 Å². The van der Waals surface area contributed by atoms with E-state index >= 15 is 0 Å². The standard InChI is InChI=1S/C16H23FN2O/c1-3-10-18-15-13(6-5-7-14(15)17)16(20)19(4-2)11-12-8-9-12/h5-7,12,18H,3-4,8-11H2,1-2H3. The molecule has 0 atom stereocenters. The van der Waals surface area contributed by atoms with E-state index in [2.05, 4.69) is 5.32 Å². The van der Waals surface area contributed by atoms with Crippen molar-refractivity contribution in [3.05, 3.63) is 29.6 Å². The van der Waals surface area contributed by atoms with Gasteiger partial charge in [-0.1, -0.05) is 13.0 Å². The van der Waals surface area contributed by atoms with Gasteiger partial charge >= 0.3 is 0 Å². The fourth-order valence-electron chi connectivity index (χ4n) is 2.27. The Morgan fingerprint density at radius 1 is 1.40 bits per heavy atom. The van der Waals surface area contributed by atoms with Crippen LogP contribution >= 0.6 is 0 Å². The highest BCUT2D eigenvalue weighted by molar-refractivity contribution is 5.99. The Bertz CT molecular complexity index is 472. The van der Waals surface area contributed by atoms with Crippen LogP contribution in [0.15, 0.2) is 18.2 Å². The van der Waals surface area contributed by atoms with Crippen molar-refractivity contribution in [1.82, 2.24) is 4.90 Å². The van der Waals surface area contributed by atoms with Gasteiger partial charge in [0.2, 0.25) is 0 Å². The van der Waals surface area contributed by atoms with Crippen molar-refractivity contribution in [2.45, 2.75) is 33.1 Å². The highest BCUT2D eigenvalue weighted by Crippen LogP contribution is 2.30. The predicted molar refractivity (Wildman–Crippen MR) is 79.5 cm³/mol. The summed E-state index contributed by atoms with van der Waals surface area (Å²) in [4.78, 5) is 14.4. The van der Waals surface area contributed by atoms with Crippen LogP contribution in [0.3, 0.4) is 0 Å². The van der Waals surface area contributed by atoms with Gasteiger partial charge in [-0.05, 0) is 44.2 Å². The second-order valence-corrected chi connectivity index (χ2v) is 5.38. The average Bonchev–Trinajstić information content (AvgIpc) is 3.26. The molecule has 0 aliphatic heterocycles. The van der Waals surface area contributed by atoms with Crippen molar-refractivity contribution >= 4 is 11.6 Å². The zero-order valence-electron chi connectivity index (χ0n) is 12.3. The predicted octanol–water partition coefficient (Wildman–Crippen LogP) is 3.52. The van der Waals surface area contributed by atoms with Crippen LogP contribution in [0.1, 0.15) is 43.5 Å². The van der Waals surface area contributed by atoms with Gasteiger partial charge in [0.25, 0.3) is 5.91 Å². The van der Waals surface area contributed by atoms with Crippen LogP contribution in [-0.2, 0) is 0 Å². The second kappa shape index (κ2) is 6.73. The minimum Gasteiger partial charge on any atom is -0.382 e. The number of anilines is 1. The molecule has 0 saturated heterocycles. The molecule has 0 aromatic heterocycles. The molecular formula is C16H23FN2O. The van der Waals surface area contributed by atoms with E-state index in [9.17, 15) is 9.18 Å². The molecule has 1 aromatic rings. The molecule has 0 unspecified atom stereocenters. The SMILES string of the molecule is CCCNc1c(F)cccc1C(=O)N(CC)CC1CC1. The fraction of sp³-hybridized carbons (Fsp3) is 0.562. The maximum absolute atomic E-state index is 13.9. The monoisotopic (exact) mass is 278 g/mol. The van der Waals surface area contributed by atoms with E-state index < -0.39 is 0 Å². The second-order valence-electron chi connectivity index (χ2n) is 5.38. The van der Waals surface area contributed by atoms with Gasteiger partial charge in [-0.15, -0.1) is 0 Å². The molecule has 0 radical (unpaired) electrons. The number of rotatable bonds is 7. The van der Waals surface area contributed by atoms with Gasteiger partial charge in [-0.25, -0.2) is 4.39 Å². The van der Waals surface area contributed by atoms with E-state index in [0.29, 0.717) is 30.3 Å². The molecule has 0 heterocycles. The number of nitrogens with zero attached hydrogens (tertiary/aromatic N) is 1. The number of carbonyl (C=O) groups excluding carboxylic acids is 1. The minimum atomic E-state index is -0.355. The van der Waals surface area contributed by atoms with E-state index in [4.69, 9.17) is 0 Å². The fourth-order valence-corrected chi connectivity index (χ4v) is 2.27. The van der Waals surface area contributed by atoms with Crippen LogP contribution in [0.25, 0.3) is 0 Å². The lowest BCUT2D eigenvalue weighted by Gasteiger charge is -2.22. The summed E-state index contributed by atoms with van der Waals surface area (Å²) in [5.41, 5.74) is 0.787. The van der Waals surface area contributed by atoms with Crippen LogP contribution in [0, 0.1) is 11.7 Å². The summed E-state index contributed by atoms with van der Waals surface area (Å²) in [7, 11) is 0. The number of halogens is 1. The zero-order valence-corrected chi connectivity index (χ0v) is 12.3. The highest BCUT2D eigenvalue weighted by Gasteiger charge is 2.27. The number of hydrogen-bond donors (Lipinski definition) is 1. The lowest BCUT2D eigenvalue weighted by Crippen LogP contribution is -2.33. The number of amides is 1. The lowest BCUT2D eigenvalue weighted by molar-refractivity contribution is 0.0757. The molecule has 1 fully saturated rings. The molecule has 0 spiro atoms. The maximum Gasteiger partial charge on any atom is 0.256 e. The number of benzene rings is 1. The van der Waals surface area contributed by atoms with Crippen LogP contribution in [0.5, 0.6) is 0 Å². The number of nitrogens with one attached hydrogen (secondary N) is 1. The van der Waals surface area contributed by atoms with Gasteiger partial charge in [-0.3, -0.25) is 4.79 Å². The molecule has 2 rings (SSSR count). The van der Waals surface area contributed by atoms with Gasteiger partial charge < -0.3 is 10.2 Å². The summed E-state index contributed by atoms with van der Waals surface area (Å²) in [5, 5.41) is 3.04. The van der Waals surface area contributed by atoms with E-state index in [0.717, 1.165) is 13.0 Å². The van der Waals surface area contributed by atoms with Crippen molar-refractivity contribution in [1.29, 1.82) is 0 Å². The topological polar surface area (TPSA) is 32.3 Å². The molecule has 0 bridgehead atoms. The average molecular weight is 278 g/mol. The number of hydrogen-bond acceptors (Lipinski definition) is 2. The smallest absolute Gasteiger partial charge is 0.256 e. The largest absolute Gasteiger partial charge is 0.382 e. The molecule has 1 aliphatic rings. The summed E-state index contributed by atoms with van der Waals surface area (Å²) in [6.07, 6.45) is 3.29. The summed E-state index contributed by atoms with van der Waals surface area (Å²) in [6.45, 7) is 6.10. The summed E-state index contributed by atoms with van der Waals surface area (Å²) in [5.74, 6) is 0.212. The molecule has 1 aromatic carbocycles. The first kappa shape index (κ1) is 14.8. The summed E-state index contributed by atoms with van der Waals surface area (Å²) < 4.78 is 13.9. The Morgan fingerprint density at radius 3 is 2.75 bits per heavy atom. The zero-order chi connectivity index (χ0) is 14.5. The molecule has 1 N–H and O–H groups in total. The van der Waals surface area contributed by atoms with Crippen LogP contribution in [0.4, 0.5) is 10.1 Å². The summed E-state index contributed by atoms with van der Waals surface area (Å²) in [6, 6.07) is 4.70. The van der Waals surface area contributed by atoms with E-state index in [1.807, 2.05) is 18.7 Å². The quantitative estimate of drug-likeness (QED) is 0.827. The minimum absolute atomic E-state index is 0.0718. The molecular weight excluding hydrogens is 255 g/mol. The van der Waals surface area contributed by atoms with Crippen molar-refractivity contribution in [3.63, 3.8) is 0 Å². The Balaban J connectivity index is 2.20. The number of carbonyl (C=O) groups is 1. The Morgan fingerprint density at radius 2 is 2.15 bits per heavy atom. The third kappa shape index (κ3) is 3.50. The van der Waals surface area contributed by atoms with Gasteiger partial charge in [0.1, 0.15) is 5.82 Å². The van der Waals surface area contributed by atoms with Gasteiger partial charge in [0.05, 0.1) is 11.3 Å². The normalized spacial score (nSPS) is 14.2. The van der Waals surface area contributed by atoms with Crippen molar-refractivity contribution < 1.29 is 9.18 Å². The third-order valence-electron chi connectivity index (χ3n) is 3.64. The van der Waals surface area contributed by atoms with Crippen LogP contribution in [-0.4, -0.2) is 30.4 Å². The van der Waals surface area contributed by atoms with Gasteiger partial charge in [-0.2, -0.15) is 0 Å². The molecule has 1 aliphatic carbocycles. The van der Waals surface area contributed by atoms with Crippen LogP contribution in [0.2, 0.25) is 0 Å². The Kier molecular flexibility index (Phi) is 4.99. The van der Waals surface area contributed by atoms with Crippen molar-refractivity contribution in [2.24, 2.45) is 5.92 Å². The number of para-hydroxylation sites is 1. The Labute approximate surface area is 120 Å². The molecule has 4 heteroatoms. The summed E-state index contributed by atoms with van der Waals surface area (Å²) >= 11 is 0. The van der Waals surface area contributed by atoms with E-state index in [-0.39, 0.29) is 11.7 Å². The highest BCUT2D eigenvalue weighted by atomic mass is 19.1. The van der Waals surface area contributed by atoms with Gasteiger partial charge in [0.15, 0.2) is 0 Å². The molecule has 20 heavy (non-hydrogen) atoms. The van der Waals surface area contributed by atoms with Crippen molar-refractivity contribution in [3.8, 4) is 0 Å². The van der Waals surface area contributed by atoms with Crippen LogP contribution < -0.4 is 5.32 Å². The van der Waals surface area contributed by atoms with Gasteiger partial charge in [0, 0.05) is 19.6 Å². The first-order chi connectivity index (χ1) is 9.67. The maximum atomic E-state index is 13.9. The molecule has 1 saturated carbocycles. The lowest BCUT2D eigenvalue weighted by atomic mass is 10.1. The molecule has 1 amide bonds. The van der Waals surface area contributed by atoms with E-state index in [1.165, 1.54) is 18.9 Å². The third-order valence-corrected chi connectivity index (χ3v) is 3.64. The molecule has 3 nitrogen and oxygen atoms in total. The first-order valence-electron chi connectivity index (χ1n) is 7.49. The first-order valence-corrected chi connectivity index (χ1v) is 7.49. The molecule has 110 valence electrons. The van der Waals surface area contributed by atoms with E-state index in [1.54, 1.807) is 12.1 Å². The Hall–Kier alpha value is -1.58.